The van der Waals surface area contributed by atoms with E-state index in [1.165, 1.54) is 0 Å². The van der Waals surface area contributed by atoms with Crippen molar-refractivity contribution in [3.63, 3.8) is 0 Å². The topological polar surface area (TPSA) is 20.3 Å². The molecule has 1 aliphatic heterocycles. The molecule has 3 aromatic carbocycles. The third-order valence-corrected chi connectivity index (χ3v) is 6.18. The Balaban J connectivity index is 1.84. The Morgan fingerprint density at radius 3 is 2.60 bits per heavy atom. The van der Waals surface area contributed by atoms with Gasteiger partial charge in [0.25, 0.3) is 0 Å². The number of hydrogen-bond acceptors (Lipinski definition) is 2. The highest BCUT2D eigenvalue weighted by molar-refractivity contribution is 7.99. The van der Waals surface area contributed by atoms with E-state index in [1.807, 2.05) is 41.3 Å². The van der Waals surface area contributed by atoms with Gasteiger partial charge < -0.3 is 4.90 Å². The first-order valence-electron chi connectivity index (χ1n) is 7.97. The number of amides is 1. The van der Waals surface area contributed by atoms with E-state index >= 15 is 0 Å². The third-order valence-electron chi connectivity index (χ3n) is 4.41. The van der Waals surface area contributed by atoms with Crippen molar-refractivity contribution < 1.29 is 4.79 Å². The summed E-state index contributed by atoms with van der Waals surface area (Å²) in [7, 11) is 0. The lowest BCUT2D eigenvalue weighted by molar-refractivity contribution is -0.116. The van der Waals surface area contributed by atoms with Crippen LogP contribution in [0.5, 0.6) is 0 Å². The van der Waals surface area contributed by atoms with E-state index in [-0.39, 0.29) is 17.0 Å². The summed E-state index contributed by atoms with van der Waals surface area (Å²) in [4.78, 5) is 15.5. The monoisotopic (exact) mass is 387 g/mol. The van der Waals surface area contributed by atoms with Crippen molar-refractivity contribution in [1.29, 1.82) is 0 Å². The number of hydrogen-bond donors (Lipinski definition) is 0. The molecule has 1 atom stereocenters. The van der Waals surface area contributed by atoms with Crippen molar-refractivity contribution in [1.82, 2.24) is 0 Å². The summed E-state index contributed by atoms with van der Waals surface area (Å²) in [6.07, 6.45) is 0. The molecular weight excluding hydrogens is 373 g/mol. The van der Waals surface area contributed by atoms with Gasteiger partial charge in [0, 0.05) is 21.8 Å². The molecule has 0 bridgehead atoms. The van der Waals surface area contributed by atoms with Gasteiger partial charge >= 0.3 is 0 Å². The summed E-state index contributed by atoms with van der Waals surface area (Å²) in [5, 5.41) is 3.07. The van der Waals surface area contributed by atoms with Gasteiger partial charge in [0.15, 0.2) is 0 Å². The Hall–Kier alpha value is -1.68. The zero-order chi connectivity index (χ0) is 17.4. The molecule has 0 aromatic heterocycles. The molecule has 5 heteroatoms. The normalized spacial score (nSPS) is 16.7. The highest BCUT2D eigenvalue weighted by atomic mass is 35.5. The maximum Gasteiger partial charge on any atom is 0.242 e. The van der Waals surface area contributed by atoms with Crippen molar-refractivity contribution in [3.05, 3.63) is 71.2 Å². The van der Waals surface area contributed by atoms with Crippen LogP contribution in [0.3, 0.4) is 0 Å². The van der Waals surface area contributed by atoms with Crippen LogP contribution in [0.15, 0.2) is 65.6 Å². The van der Waals surface area contributed by atoms with Crippen LogP contribution in [0.4, 0.5) is 5.69 Å². The Labute approximate surface area is 160 Å². The quantitative estimate of drug-likeness (QED) is 0.509. The SMILES string of the molecule is O=C(CCl)N1CC(c2ccc(Cl)cc2)Sc2ccc3ccccc3c21. The summed E-state index contributed by atoms with van der Waals surface area (Å²) in [6, 6.07) is 20.2. The van der Waals surface area contributed by atoms with Gasteiger partial charge in [-0.05, 0) is 29.1 Å². The number of benzene rings is 3. The standard InChI is InChI=1S/C20H15Cl2NOS/c21-11-19(24)23-12-18(14-5-8-15(22)9-6-14)25-17-10-7-13-3-1-2-4-16(13)20(17)23/h1-10,18H,11-12H2. The number of fused-ring (bicyclic) bond motifs is 3. The molecule has 1 aliphatic rings. The predicted octanol–water partition coefficient (Wildman–Crippen LogP) is 5.91. The van der Waals surface area contributed by atoms with Gasteiger partial charge in [-0.15, -0.1) is 23.4 Å². The lowest BCUT2D eigenvalue weighted by Gasteiger charge is -2.35. The minimum absolute atomic E-state index is 0.0271. The van der Waals surface area contributed by atoms with Gasteiger partial charge in [0.05, 0.1) is 10.9 Å². The number of nitrogens with zero attached hydrogens (tertiary/aromatic N) is 1. The Morgan fingerprint density at radius 2 is 1.84 bits per heavy atom. The molecule has 1 amide bonds. The molecule has 0 N–H and O–H groups in total. The number of carbonyl (C=O) groups is 1. The van der Waals surface area contributed by atoms with E-state index in [9.17, 15) is 4.79 Å². The fourth-order valence-electron chi connectivity index (χ4n) is 3.21. The zero-order valence-corrected chi connectivity index (χ0v) is 15.6. The molecule has 0 fully saturated rings. The summed E-state index contributed by atoms with van der Waals surface area (Å²) in [5.74, 6) is -0.0979. The molecule has 3 aromatic rings. The third kappa shape index (κ3) is 3.12. The van der Waals surface area contributed by atoms with Crippen LogP contribution >= 0.6 is 35.0 Å². The van der Waals surface area contributed by atoms with Gasteiger partial charge in [0.2, 0.25) is 5.91 Å². The summed E-state index contributed by atoms with van der Waals surface area (Å²) in [5.41, 5.74) is 2.12. The molecular formula is C20H15Cl2NOS. The van der Waals surface area contributed by atoms with Crippen LogP contribution in [-0.2, 0) is 4.79 Å². The number of thioether (sulfide) groups is 1. The van der Waals surface area contributed by atoms with Crippen LogP contribution < -0.4 is 4.90 Å². The van der Waals surface area contributed by atoms with Crippen molar-refractivity contribution in [3.8, 4) is 0 Å². The maximum atomic E-state index is 12.6. The van der Waals surface area contributed by atoms with E-state index < -0.39 is 0 Å². The number of carbonyl (C=O) groups excluding carboxylic acids is 1. The first-order valence-corrected chi connectivity index (χ1v) is 9.77. The van der Waals surface area contributed by atoms with Crippen LogP contribution in [-0.4, -0.2) is 18.3 Å². The van der Waals surface area contributed by atoms with Crippen molar-refractivity contribution in [2.75, 3.05) is 17.3 Å². The van der Waals surface area contributed by atoms with Gasteiger partial charge in [0.1, 0.15) is 5.88 Å². The van der Waals surface area contributed by atoms with E-state index in [1.54, 1.807) is 11.8 Å². The highest BCUT2D eigenvalue weighted by Gasteiger charge is 2.31. The number of rotatable bonds is 2. The van der Waals surface area contributed by atoms with Gasteiger partial charge in [-0.2, -0.15) is 0 Å². The van der Waals surface area contributed by atoms with Gasteiger partial charge in [-0.3, -0.25) is 4.79 Å². The number of alkyl halides is 1. The molecule has 0 radical (unpaired) electrons. The van der Waals surface area contributed by atoms with Crippen molar-refractivity contribution in [2.24, 2.45) is 0 Å². The smallest absolute Gasteiger partial charge is 0.242 e. The van der Waals surface area contributed by atoms with Crippen LogP contribution in [0.2, 0.25) is 5.02 Å². The van der Waals surface area contributed by atoms with E-state index in [4.69, 9.17) is 23.2 Å². The van der Waals surface area contributed by atoms with E-state index in [0.29, 0.717) is 11.6 Å². The molecule has 126 valence electrons. The Bertz CT molecular complexity index is 942. The Kier molecular flexibility index (Phi) is 4.63. The predicted molar refractivity (Wildman–Crippen MR) is 107 cm³/mol. The zero-order valence-electron chi connectivity index (χ0n) is 13.3. The molecule has 0 aliphatic carbocycles. The lowest BCUT2D eigenvalue weighted by atomic mass is 10.1. The summed E-state index contributed by atoms with van der Waals surface area (Å²) < 4.78 is 0. The fourth-order valence-corrected chi connectivity index (χ4v) is 4.78. The largest absolute Gasteiger partial charge is 0.308 e. The molecule has 25 heavy (non-hydrogen) atoms. The molecule has 1 heterocycles. The second-order valence-corrected chi connectivity index (χ2v) is 7.88. The maximum absolute atomic E-state index is 12.6. The highest BCUT2D eigenvalue weighted by Crippen LogP contribution is 2.48. The minimum atomic E-state index is -0.0708. The van der Waals surface area contributed by atoms with Crippen molar-refractivity contribution >= 4 is 57.3 Å². The first kappa shape index (κ1) is 16.8. The molecule has 2 nitrogen and oxygen atoms in total. The second kappa shape index (κ2) is 6.91. The van der Waals surface area contributed by atoms with E-state index in [2.05, 4.69) is 24.3 Å². The first-order chi connectivity index (χ1) is 12.2. The average molecular weight is 388 g/mol. The second-order valence-electron chi connectivity index (χ2n) is 5.93. The van der Waals surface area contributed by atoms with Crippen LogP contribution in [0.25, 0.3) is 10.8 Å². The molecule has 0 spiro atoms. The number of anilines is 1. The minimum Gasteiger partial charge on any atom is -0.308 e. The molecule has 0 saturated carbocycles. The van der Waals surface area contributed by atoms with Crippen LogP contribution in [0, 0.1) is 0 Å². The van der Waals surface area contributed by atoms with E-state index in [0.717, 1.165) is 26.9 Å². The Morgan fingerprint density at radius 1 is 1.08 bits per heavy atom. The fraction of sp³-hybridized carbons (Fsp3) is 0.150. The average Bonchev–Trinajstić information content (AvgIpc) is 2.66. The molecule has 1 unspecified atom stereocenters. The van der Waals surface area contributed by atoms with Crippen molar-refractivity contribution in [2.45, 2.75) is 10.1 Å². The van der Waals surface area contributed by atoms with Gasteiger partial charge in [-0.1, -0.05) is 54.1 Å². The number of halogens is 2. The van der Waals surface area contributed by atoms with Crippen LogP contribution in [0.1, 0.15) is 10.8 Å². The summed E-state index contributed by atoms with van der Waals surface area (Å²) in [6.45, 7) is 0.596. The van der Waals surface area contributed by atoms with Gasteiger partial charge in [-0.25, -0.2) is 0 Å². The molecule has 0 saturated heterocycles. The summed E-state index contributed by atoms with van der Waals surface area (Å²) >= 11 is 13.7. The molecule has 4 rings (SSSR count). The lowest BCUT2D eigenvalue weighted by Crippen LogP contribution is -2.37.